The normalized spacial score (nSPS) is 10.8. The van der Waals surface area contributed by atoms with E-state index in [0.29, 0.717) is 25.1 Å². The minimum absolute atomic E-state index is 0.0215. The molecule has 0 bridgehead atoms. The van der Waals surface area contributed by atoms with E-state index in [1.54, 1.807) is 25.3 Å². The number of amides is 1. The molecule has 10 heteroatoms. The number of rotatable bonds is 10. The molecule has 0 spiro atoms. The Bertz CT molecular complexity index is 874. The fourth-order valence-electron chi connectivity index (χ4n) is 2.39. The van der Waals surface area contributed by atoms with Crippen molar-refractivity contribution in [3.63, 3.8) is 0 Å². The number of carbonyl (C=O) groups is 2. The van der Waals surface area contributed by atoms with Gasteiger partial charge in [-0.3, -0.25) is 14.9 Å². The van der Waals surface area contributed by atoms with E-state index in [-0.39, 0.29) is 29.7 Å². The highest BCUT2D eigenvalue weighted by Gasteiger charge is 2.17. The standard InChI is InChI=1S/C19H21N3O7/c1-27-11-3-10-21(12-17-20-16(13-29-17)19(24)28-2)18(23)9-6-14-4-7-15(8-5-14)22(25)26/h4-9,13H,3,10-12H2,1-2H3. The molecule has 10 nitrogen and oxygen atoms in total. The molecule has 1 aromatic carbocycles. The number of nitrogens with zero attached hydrogens (tertiary/aromatic N) is 3. The zero-order valence-electron chi connectivity index (χ0n) is 16.1. The molecule has 0 aliphatic heterocycles. The van der Waals surface area contributed by atoms with Gasteiger partial charge in [-0.2, -0.15) is 0 Å². The van der Waals surface area contributed by atoms with Gasteiger partial charge in [0.25, 0.3) is 5.69 Å². The highest BCUT2D eigenvalue weighted by Crippen LogP contribution is 2.14. The highest BCUT2D eigenvalue weighted by molar-refractivity contribution is 5.91. The number of methoxy groups -OCH3 is 2. The quantitative estimate of drug-likeness (QED) is 0.195. The van der Waals surface area contributed by atoms with Crippen LogP contribution < -0.4 is 0 Å². The van der Waals surface area contributed by atoms with Crippen LogP contribution in [0, 0.1) is 10.1 Å². The van der Waals surface area contributed by atoms with Crippen LogP contribution in [-0.2, 0) is 20.8 Å². The van der Waals surface area contributed by atoms with Gasteiger partial charge in [0.05, 0.1) is 18.6 Å². The molecule has 0 fully saturated rings. The molecule has 154 valence electrons. The van der Waals surface area contributed by atoms with E-state index in [1.807, 2.05) is 0 Å². The summed E-state index contributed by atoms with van der Waals surface area (Å²) >= 11 is 0. The lowest BCUT2D eigenvalue weighted by atomic mass is 10.2. The molecular formula is C19H21N3O7. The van der Waals surface area contributed by atoms with Gasteiger partial charge < -0.3 is 18.8 Å². The zero-order valence-corrected chi connectivity index (χ0v) is 16.1. The maximum absolute atomic E-state index is 12.6. The Labute approximate surface area is 166 Å². The van der Waals surface area contributed by atoms with Crippen LogP contribution in [0.15, 0.2) is 41.0 Å². The van der Waals surface area contributed by atoms with Crippen molar-refractivity contribution in [3.8, 4) is 0 Å². The van der Waals surface area contributed by atoms with Crippen molar-refractivity contribution in [2.75, 3.05) is 27.4 Å². The Hall–Kier alpha value is -3.53. The van der Waals surface area contributed by atoms with Crippen LogP contribution in [-0.4, -0.2) is 54.1 Å². The number of oxazole rings is 1. The number of carbonyl (C=O) groups excluding carboxylic acids is 2. The van der Waals surface area contributed by atoms with Crippen molar-refractivity contribution < 1.29 is 28.4 Å². The molecule has 0 saturated carbocycles. The zero-order chi connectivity index (χ0) is 21.2. The number of aromatic nitrogens is 1. The van der Waals surface area contributed by atoms with Crippen LogP contribution in [0.5, 0.6) is 0 Å². The van der Waals surface area contributed by atoms with Gasteiger partial charge in [-0.15, -0.1) is 0 Å². The SMILES string of the molecule is COCCCN(Cc1nc(C(=O)OC)co1)C(=O)C=Cc1ccc([N+](=O)[O-])cc1. The maximum Gasteiger partial charge on any atom is 0.360 e. The second-order valence-corrected chi connectivity index (χ2v) is 5.91. The minimum atomic E-state index is -0.629. The van der Waals surface area contributed by atoms with Gasteiger partial charge >= 0.3 is 5.97 Å². The monoisotopic (exact) mass is 403 g/mol. The van der Waals surface area contributed by atoms with Gasteiger partial charge in [0, 0.05) is 38.5 Å². The second kappa shape index (κ2) is 10.7. The van der Waals surface area contributed by atoms with E-state index < -0.39 is 10.9 Å². The maximum atomic E-state index is 12.6. The first kappa shape index (κ1) is 21.8. The molecule has 0 saturated heterocycles. The Morgan fingerprint density at radius 2 is 2.00 bits per heavy atom. The van der Waals surface area contributed by atoms with Crippen molar-refractivity contribution in [3.05, 3.63) is 63.9 Å². The summed E-state index contributed by atoms with van der Waals surface area (Å²) in [6.07, 6.45) is 4.69. The average Bonchev–Trinajstić information content (AvgIpc) is 3.19. The summed E-state index contributed by atoms with van der Waals surface area (Å²) in [4.78, 5) is 39.8. The lowest BCUT2D eigenvalue weighted by molar-refractivity contribution is -0.384. The van der Waals surface area contributed by atoms with E-state index in [2.05, 4.69) is 9.72 Å². The Morgan fingerprint density at radius 3 is 2.62 bits per heavy atom. The Morgan fingerprint density at radius 1 is 1.28 bits per heavy atom. The largest absolute Gasteiger partial charge is 0.464 e. The molecule has 0 N–H and O–H groups in total. The van der Waals surface area contributed by atoms with Crippen molar-refractivity contribution in [2.24, 2.45) is 0 Å². The molecule has 1 heterocycles. The average molecular weight is 403 g/mol. The summed E-state index contributed by atoms with van der Waals surface area (Å²) in [5, 5.41) is 10.7. The van der Waals surface area contributed by atoms with Gasteiger partial charge in [-0.25, -0.2) is 9.78 Å². The summed E-state index contributed by atoms with van der Waals surface area (Å²) in [5.41, 5.74) is 0.637. The van der Waals surface area contributed by atoms with E-state index in [9.17, 15) is 19.7 Å². The number of nitro groups is 1. The van der Waals surface area contributed by atoms with Crippen LogP contribution in [0.4, 0.5) is 5.69 Å². The molecule has 1 aromatic heterocycles. The molecule has 29 heavy (non-hydrogen) atoms. The van der Waals surface area contributed by atoms with Crippen LogP contribution in [0.2, 0.25) is 0 Å². The first-order valence-corrected chi connectivity index (χ1v) is 8.67. The van der Waals surface area contributed by atoms with Crippen LogP contribution in [0.3, 0.4) is 0 Å². The molecule has 2 aromatic rings. The second-order valence-electron chi connectivity index (χ2n) is 5.91. The summed E-state index contributed by atoms with van der Waals surface area (Å²) in [5.74, 6) is -0.743. The van der Waals surface area contributed by atoms with Crippen LogP contribution in [0.25, 0.3) is 6.08 Å². The Kier molecular flexibility index (Phi) is 8.04. The van der Waals surface area contributed by atoms with Crippen molar-refractivity contribution >= 4 is 23.6 Å². The summed E-state index contributed by atoms with van der Waals surface area (Å²) in [6, 6.07) is 5.82. The number of hydrogen-bond donors (Lipinski definition) is 0. The minimum Gasteiger partial charge on any atom is -0.464 e. The molecule has 0 atom stereocenters. The number of esters is 1. The lowest BCUT2D eigenvalue weighted by Gasteiger charge is -2.19. The number of hydrogen-bond acceptors (Lipinski definition) is 8. The topological polar surface area (TPSA) is 125 Å². The predicted octanol–water partition coefficient (Wildman–Crippen LogP) is 2.45. The van der Waals surface area contributed by atoms with Gasteiger partial charge in [0.1, 0.15) is 6.26 Å². The third-order valence-corrected chi connectivity index (χ3v) is 3.88. The smallest absolute Gasteiger partial charge is 0.360 e. The fraction of sp³-hybridized carbons (Fsp3) is 0.316. The van der Waals surface area contributed by atoms with Crippen molar-refractivity contribution in [1.82, 2.24) is 9.88 Å². The third kappa shape index (κ3) is 6.54. The van der Waals surface area contributed by atoms with Crippen LogP contribution >= 0.6 is 0 Å². The molecule has 0 aliphatic carbocycles. The molecular weight excluding hydrogens is 382 g/mol. The van der Waals surface area contributed by atoms with Crippen molar-refractivity contribution in [1.29, 1.82) is 0 Å². The Balaban J connectivity index is 2.08. The first-order chi connectivity index (χ1) is 13.9. The van der Waals surface area contributed by atoms with Gasteiger partial charge in [-0.1, -0.05) is 0 Å². The van der Waals surface area contributed by atoms with Gasteiger partial charge in [0.15, 0.2) is 5.69 Å². The van der Waals surface area contributed by atoms with Gasteiger partial charge in [0.2, 0.25) is 11.8 Å². The molecule has 1 amide bonds. The summed E-state index contributed by atoms with van der Waals surface area (Å²) in [7, 11) is 2.80. The molecule has 0 unspecified atom stereocenters. The van der Waals surface area contributed by atoms with E-state index in [4.69, 9.17) is 9.15 Å². The van der Waals surface area contributed by atoms with Gasteiger partial charge in [-0.05, 0) is 30.2 Å². The van der Waals surface area contributed by atoms with Crippen molar-refractivity contribution in [2.45, 2.75) is 13.0 Å². The van der Waals surface area contributed by atoms with Crippen LogP contribution in [0.1, 0.15) is 28.4 Å². The highest BCUT2D eigenvalue weighted by atomic mass is 16.6. The number of nitro benzene ring substituents is 1. The number of ether oxygens (including phenoxy) is 2. The lowest BCUT2D eigenvalue weighted by Crippen LogP contribution is -2.30. The molecule has 0 aliphatic rings. The first-order valence-electron chi connectivity index (χ1n) is 8.67. The molecule has 2 rings (SSSR count). The van der Waals surface area contributed by atoms with E-state index in [0.717, 1.165) is 0 Å². The number of non-ortho nitro benzene ring substituents is 1. The predicted molar refractivity (Wildman–Crippen MR) is 102 cm³/mol. The summed E-state index contributed by atoms with van der Waals surface area (Å²) in [6.45, 7) is 0.909. The third-order valence-electron chi connectivity index (χ3n) is 3.88. The van der Waals surface area contributed by atoms with E-state index in [1.165, 1.54) is 36.5 Å². The summed E-state index contributed by atoms with van der Waals surface area (Å²) < 4.78 is 14.8. The van der Waals surface area contributed by atoms with E-state index >= 15 is 0 Å². The number of benzene rings is 1. The molecule has 0 radical (unpaired) electrons. The fourth-order valence-corrected chi connectivity index (χ4v) is 2.39.